The first-order chi connectivity index (χ1) is 9.16. The highest BCUT2D eigenvalue weighted by Gasteiger charge is 2.11. The van der Waals surface area contributed by atoms with Crippen LogP contribution in [0.4, 0.5) is 0 Å². The standard InChI is InChI=1S/C14H10O4S/c15-13(16)10-5-4-6-11(9-10)14(17)18-19-12-7-2-1-3-8-12/h1-9H,(H,15,16). The molecule has 0 fully saturated rings. The molecule has 2 rings (SSSR count). The Morgan fingerprint density at radius 2 is 1.63 bits per heavy atom. The topological polar surface area (TPSA) is 63.6 Å². The van der Waals surface area contributed by atoms with E-state index in [9.17, 15) is 9.59 Å². The van der Waals surface area contributed by atoms with Crippen LogP contribution in [0.5, 0.6) is 0 Å². The normalized spacial score (nSPS) is 9.89. The maximum atomic E-state index is 11.8. The molecule has 0 aliphatic heterocycles. The summed E-state index contributed by atoms with van der Waals surface area (Å²) in [6, 6.07) is 14.9. The van der Waals surface area contributed by atoms with Crippen molar-refractivity contribution in [1.29, 1.82) is 0 Å². The Hall–Kier alpha value is -2.27. The summed E-state index contributed by atoms with van der Waals surface area (Å²) in [6.07, 6.45) is 0. The molecule has 0 unspecified atom stereocenters. The molecule has 0 aliphatic carbocycles. The average molecular weight is 274 g/mol. The highest BCUT2D eigenvalue weighted by atomic mass is 32.2. The zero-order valence-electron chi connectivity index (χ0n) is 9.78. The van der Waals surface area contributed by atoms with E-state index in [1.165, 1.54) is 24.3 Å². The highest BCUT2D eigenvalue weighted by Crippen LogP contribution is 2.20. The molecular weight excluding hydrogens is 264 g/mol. The van der Waals surface area contributed by atoms with Crippen molar-refractivity contribution < 1.29 is 18.9 Å². The van der Waals surface area contributed by atoms with Crippen molar-refractivity contribution in [1.82, 2.24) is 0 Å². The van der Waals surface area contributed by atoms with Crippen LogP contribution in [-0.4, -0.2) is 17.0 Å². The summed E-state index contributed by atoms with van der Waals surface area (Å²) in [5, 5.41) is 8.84. The van der Waals surface area contributed by atoms with Crippen molar-refractivity contribution in [3.63, 3.8) is 0 Å². The fourth-order valence-corrected chi connectivity index (χ4v) is 1.93. The van der Waals surface area contributed by atoms with Gasteiger partial charge in [0.05, 0.1) is 23.2 Å². The van der Waals surface area contributed by atoms with Gasteiger partial charge >= 0.3 is 11.9 Å². The van der Waals surface area contributed by atoms with Gasteiger partial charge in [-0.15, -0.1) is 0 Å². The summed E-state index contributed by atoms with van der Waals surface area (Å²) >= 11 is 0.941. The number of carbonyl (C=O) groups is 2. The summed E-state index contributed by atoms with van der Waals surface area (Å²) in [5.41, 5.74) is 0.266. The lowest BCUT2D eigenvalue weighted by Gasteiger charge is -2.03. The molecule has 0 amide bonds. The molecule has 0 atom stereocenters. The van der Waals surface area contributed by atoms with Crippen LogP contribution in [0, 0.1) is 0 Å². The first-order valence-electron chi connectivity index (χ1n) is 5.44. The number of rotatable bonds is 4. The van der Waals surface area contributed by atoms with E-state index in [4.69, 9.17) is 9.29 Å². The fraction of sp³-hybridized carbons (Fsp3) is 0. The Balaban J connectivity index is 2.04. The van der Waals surface area contributed by atoms with Crippen LogP contribution in [-0.2, 0) is 4.18 Å². The van der Waals surface area contributed by atoms with Gasteiger partial charge in [-0.2, -0.15) is 0 Å². The minimum absolute atomic E-state index is 0.0548. The van der Waals surface area contributed by atoms with E-state index in [0.29, 0.717) is 0 Å². The second kappa shape index (κ2) is 6.06. The average Bonchev–Trinajstić information content (AvgIpc) is 2.46. The molecule has 19 heavy (non-hydrogen) atoms. The predicted octanol–water partition coefficient (Wildman–Crippen LogP) is 3.25. The van der Waals surface area contributed by atoms with E-state index in [0.717, 1.165) is 16.9 Å². The van der Waals surface area contributed by atoms with E-state index in [1.54, 1.807) is 0 Å². The lowest BCUT2D eigenvalue weighted by molar-refractivity contribution is 0.0697. The molecule has 0 saturated carbocycles. The minimum atomic E-state index is -1.08. The first kappa shape index (κ1) is 13.2. The van der Waals surface area contributed by atoms with Gasteiger partial charge < -0.3 is 9.29 Å². The number of hydrogen-bond acceptors (Lipinski definition) is 4. The molecule has 0 saturated heterocycles. The summed E-state index contributed by atoms with van der Waals surface area (Å²) in [4.78, 5) is 23.4. The summed E-state index contributed by atoms with van der Waals surface area (Å²) in [6.45, 7) is 0. The quantitative estimate of drug-likeness (QED) is 0.867. The van der Waals surface area contributed by atoms with Crippen molar-refractivity contribution >= 4 is 24.0 Å². The lowest BCUT2D eigenvalue weighted by atomic mass is 10.1. The lowest BCUT2D eigenvalue weighted by Crippen LogP contribution is -2.03. The third kappa shape index (κ3) is 3.59. The Kier molecular flexibility index (Phi) is 4.20. The monoisotopic (exact) mass is 274 g/mol. The van der Waals surface area contributed by atoms with E-state index >= 15 is 0 Å². The molecule has 4 nitrogen and oxygen atoms in total. The van der Waals surface area contributed by atoms with Gasteiger partial charge in [0, 0.05) is 4.90 Å². The molecule has 0 aromatic heterocycles. The van der Waals surface area contributed by atoms with Gasteiger partial charge in [0.1, 0.15) is 0 Å². The van der Waals surface area contributed by atoms with Crippen molar-refractivity contribution in [3.8, 4) is 0 Å². The molecule has 0 spiro atoms. The van der Waals surface area contributed by atoms with Crippen LogP contribution in [0.1, 0.15) is 20.7 Å². The van der Waals surface area contributed by atoms with Crippen LogP contribution < -0.4 is 0 Å². The van der Waals surface area contributed by atoms with Crippen LogP contribution in [0.15, 0.2) is 59.5 Å². The van der Waals surface area contributed by atoms with Crippen LogP contribution >= 0.6 is 12.0 Å². The van der Waals surface area contributed by atoms with E-state index in [2.05, 4.69) is 0 Å². The minimum Gasteiger partial charge on any atom is -0.478 e. The molecular formula is C14H10O4S. The fourth-order valence-electron chi connectivity index (χ4n) is 1.39. The van der Waals surface area contributed by atoms with Crippen molar-refractivity contribution in [2.75, 3.05) is 0 Å². The molecule has 0 radical (unpaired) electrons. The number of carboxylic acid groups (broad SMARTS) is 1. The molecule has 0 heterocycles. The van der Waals surface area contributed by atoms with E-state index in [1.807, 2.05) is 30.3 Å². The first-order valence-corrected chi connectivity index (χ1v) is 6.18. The van der Waals surface area contributed by atoms with Gasteiger partial charge in [-0.3, -0.25) is 0 Å². The van der Waals surface area contributed by atoms with Crippen LogP contribution in [0.2, 0.25) is 0 Å². The van der Waals surface area contributed by atoms with Crippen molar-refractivity contribution in [3.05, 3.63) is 65.7 Å². The summed E-state index contributed by atoms with van der Waals surface area (Å²) in [7, 11) is 0. The number of aromatic carboxylic acids is 1. The number of hydrogen-bond donors (Lipinski definition) is 1. The zero-order chi connectivity index (χ0) is 13.7. The Morgan fingerprint density at radius 1 is 0.947 bits per heavy atom. The molecule has 0 bridgehead atoms. The molecule has 2 aromatic carbocycles. The van der Waals surface area contributed by atoms with Crippen molar-refractivity contribution in [2.24, 2.45) is 0 Å². The highest BCUT2D eigenvalue weighted by molar-refractivity contribution is 7.95. The van der Waals surface area contributed by atoms with E-state index in [-0.39, 0.29) is 11.1 Å². The van der Waals surface area contributed by atoms with E-state index < -0.39 is 11.9 Å². The predicted molar refractivity (Wildman–Crippen MR) is 71.1 cm³/mol. The number of carboxylic acids is 1. The molecule has 2 aromatic rings. The smallest absolute Gasteiger partial charge is 0.350 e. The number of carbonyl (C=O) groups excluding carboxylic acids is 1. The van der Waals surface area contributed by atoms with Gasteiger partial charge in [0.25, 0.3) is 0 Å². The van der Waals surface area contributed by atoms with Gasteiger partial charge in [-0.1, -0.05) is 24.3 Å². The summed E-state index contributed by atoms with van der Waals surface area (Å²) < 4.78 is 5.03. The second-order valence-corrected chi connectivity index (χ2v) is 4.46. The maximum absolute atomic E-state index is 11.8. The van der Waals surface area contributed by atoms with Gasteiger partial charge in [-0.25, -0.2) is 9.59 Å². The van der Waals surface area contributed by atoms with Gasteiger partial charge in [0.15, 0.2) is 0 Å². The van der Waals surface area contributed by atoms with Crippen LogP contribution in [0.3, 0.4) is 0 Å². The molecule has 96 valence electrons. The molecule has 5 heteroatoms. The Labute approximate surface area is 114 Å². The third-order valence-corrected chi connectivity index (χ3v) is 3.00. The van der Waals surface area contributed by atoms with Crippen LogP contribution in [0.25, 0.3) is 0 Å². The Morgan fingerprint density at radius 3 is 2.32 bits per heavy atom. The van der Waals surface area contributed by atoms with Gasteiger partial charge in [0.2, 0.25) is 0 Å². The zero-order valence-corrected chi connectivity index (χ0v) is 10.6. The van der Waals surface area contributed by atoms with Gasteiger partial charge in [-0.05, 0) is 30.3 Å². The van der Waals surface area contributed by atoms with Crippen molar-refractivity contribution in [2.45, 2.75) is 4.90 Å². The second-order valence-electron chi connectivity index (χ2n) is 3.65. The molecule has 1 N–H and O–H groups in total. The maximum Gasteiger partial charge on any atom is 0.350 e. The third-order valence-electron chi connectivity index (χ3n) is 2.30. The number of benzene rings is 2. The molecule has 0 aliphatic rings. The SMILES string of the molecule is O=C(O)c1cccc(C(=O)OSc2ccccc2)c1. The largest absolute Gasteiger partial charge is 0.478 e. The Bertz CT molecular complexity index is 595. The summed E-state index contributed by atoms with van der Waals surface area (Å²) in [5.74, 6) is -1.65.